The molecule has 2 aliphatic rings. The van der Waals surface area contributed by atoms with Gasteiger partial charge in [0.25, 0.3) is 0 Å². The molecule has 4 rings (SSSR count). The Morgan fingerprint density at radius 3 is 2.71 bits per heavy atom. The highest BCUT2D eigenvalue weighted by Crippen LogP contribution is 2.55. The van der Waals surface area contributed by atoms with Crippen molar-refractivity contribution in [1.29, 1.82) is 0 Å². The number of anilines is 1. The summed E-state index contributed by atoms with van der Waals surface area (Å²) in [7, 11) is 0. The summed E-state index contributed by atoms with van der Waals surface area (Å²) < 4.78 is 5.88. The Kier molecular flexibility index (Phi) is 2.84. The largest absolute Gasteiger partial charge is 0.446 e. The minimum Gasteiger partial charge on any atom is -0.446 e. The number of oxazole rings is 1. The third-order valence-electron chi connectivity index (χ3n) is 5.32. The summed E-state index contributed by atoms with van der Waals surface area (Å²) in [5, 5.41) is 0. The lowest BCUT2D eigenvalue weighted by Crippen LogP contribution is -2.44. The summed E-state index contributed by atoms with van der Waals surface area (Å²) in [6.45, 7) is 4.46. The van der Waals surface area contributed by atoms with Crippen LogP contribution in [0.2, 0.25) is 0 Å². The van der Waals surface area contributed by atoms with Crippen molar-refractivity contribution < 1.29 is 4.42 Å². The average molecular weight is 282 g/mol. The van der Waals surface area contributed by atoms with Crippen LogP contribution in [-0.4, -0.2) is 4.98 Å². The van der Waals surface area contributed by atoms with Crippen LogP contribution >= 0.6 is 0 Å². The highest BCUT2D eigenvalue weighted by molar-refractivity contribution is 5.61. The third kappa shape index (κ3) is 1.69. The SMILES string of the molecule is Cc1ccccc1N1[C@@H](C)c2ncoc2C12CCCCC2. The topological polar surface area (TPSA) is 29.3 Å². The van der Waals surface area contributed by atoms with E-state index in [-0.39, 0.29) is 11.6 Å². The molecule has 2 aromatic rings. The number of aryl methyl sites for hydroxylation is 1. The Labute approximate surface area is 126 Å². The van der Waals surface area contributed by atoms with E-state index >= 15 is 0 Å². The number of fused-ring (bicyclic) bond motifs is 2. The molecule has 1 aliphatic heterocycles. The Bertz CT molecular complexity index is 655. The van der Waals surface area contributed by atoms with E-state index in [4.69, 9.17) is 4.42 Å². The molecule has 1 saturated carbocycles. The molecule has 0 N–H and O–H groups in total. The van der Waals surface area contributed by atoms with Gasteiger partial charge >= 0.3 is 0 Å². The predicted molar refractivity (Wildman–Crippen MR) is 83.3 cm³/mol. The van der Waals surface area contributed by atoms with Crippen LogP contribution in [0, 0.1) is 6.92 Å². The number of para-hydroxylation sites is 1. The fourth-order valence-electron chi connectivity index (χ4n) is 4.38. The summed E-state index contributed by atoms with van der Waals surface area (Å²) in [5.41, 5.74) is 3.83. The summed E-state index contributed by atoms with van der Waals surface area (Å²) in [5.74, 6) is 1.12. The summed E-state index contributed by atoms with van der Waals surface area (Å²) in [4.78, 5) is 7.11. The number of hydrogen-bond donors (Lipinski definition) is 0. The van der Waals surface area contributed by atoms with Crippen LogP contribution in [0.5, 0.6) is 0 Å². The monoisotopic (exact) mass is 282 g/mol. The van der Waals surface area contributed by atoms with Gasteiger partial charge in [0.1, 0.15) is 11.2 Å². The minimum absolute atomic E-state index is 0.0234. The first-order chi connectivity index (χ1) is 10.2. The quantitative estimate of drug-likeness (QED) is 0.757. The molecule has 1 atom stereocenters. The molecule has 1 aromatic heterocycles. The molecule has 0 radical (unpaired) electrons. The van der Waals surface area contributed by atoms with Crippen LogP contribution in [0.3, 0.4) is 0 Å². The van der Waals surface area contributed by atoms with Crippen molar-refractivity contribution in [2.75, 3.05) is 4.90 Å². The first-order valence-electron chi connectivity index (χ1n) is 8.03. The van der Waals surface area contributed by atoms with Gasteiger partial charge in [-0.2, -0.15) is 0 Å². The van der Waals surface area contributed by atoms with Crippen molar-refractivity contribution in [2.24, 2.45) is 0 Å². The van der Waals surface area contributed by atoms with Crippen molar-refractivity contribution in [3.8, 4) is 0 Å². The normalized spacial score (nSPS) is 23.5. The van der Waals surface area contributed by atoms with Crippen LogP contribution in [0.15, 0.2) is 35.1 Å². The summed E-state index contributed by atoms with van der Waals surface area (Å²) in [6, 6.07) is 8.99. The number of hydrogen-bond acceptors (Lipinski definition) is 3. The van der Waals surface area contributed by atoms with Crippen LogP contribution < -0.4 is 4.90 Å². The van der Waals surface area contributed by atoms with E-state index in [9.17, 15) is 0 Å². The van der Waals surface area contributed by atoms with Gasteiger partial charge in [0.05, 0.1) is 6.04 Å². The lowest BCUT2D eigenvalue weighted by atomic mass is 9.79. The van der Waals surface area contributed by atoms with Crippen molar-refractivity contribution >= 4 is 5.69 Å². The molecule has 21 heavy (non-hydrogen) atoms. The van der Waals surface area contributed by atoms with Gasteiger partial charge < -0.3 is 9.32 Å². The zero-order valence-electron chi connectivity index (χ0n) is 12.8. The first kappa shape index (κ1) is 12.9. The smallest absolute Gasteiger partial charge is 0.181 e. The van der Waals surface area contributed by atoms with Gasteiger partial charge in [-0.05, 0) is 38.3 Å². The van der Waals surface area contributed by atoms with E-state index in [0.29, 0.717) is 0 Å². The lowest BCUT2D eigenvalue weighted by molar-refractivity contribution is 0.242. The molecular formula is C18H22N2O. The Balaban J connectivity index is 1.89. The Morgan fingerprint density at radius 2 is 1.95 bits per heavy atom. The van der Waals surface area contributed by atoms with Crippen molar-refractivity contribution in [2.45, 2.75) is 57.5 Å². The number of benzene rings is 1. The molecular weight excluding hydrogens is 260 g/mol. The van der Waals surface area contributed by atoms with Crippen molar-refractivity contribution in [3.63, 3.8) is 0 Å². The second kappa shape index (κ2) is 4.62. The summed E-state index contributed by atoms with van der Waals surface area (Å²) >= 11 is 0. The Morgan fingerprint density at radius 1 is 1.19 bits per heavy atom. The third-order valence-corrected chi connectivity index (χ3v) is 5.32. The van der Waals surface area contributed by atoms with Gasteiger partial charge in [0, 0.05) is 5.69 Å². The van der Waals surface area contributed by atoms with Gasteiger partial charge in [-0.1, -0.05) is 37.5 Å². The zero-order valence-corrected chi connectivity index (χ0v) is 12.8. The second-order valence-corrected chi connectivity index (χ2v) is 6.49. The molecule has 1 spiro atoms. The van der Waals surface area contributed by atoms with Crippen LogP contribution in [-0.2, 0) is 5.54 Å². The van der Waals surface area contributed by atoms with E-state index in [0.717, 1.165) is 11.5 Å². The lowest BCUT2D eigenvalue weighted by Gasteiger charge is -2.44. The highest BCUT2D eigenvalue weighted by atomic mass is 16.3. The van der Waals surface area contributed by atoms with E-state index in [1.165, 1.54) is 43.4 Å². The molecule has 3 heteroatoms. The standard InChI is InChI=1S/C18H22N2O/c1-13-8-4-5-9-15(13)20-14(2)16-17(21-12-19-16)18(20)10-6-3-7-11-18/h4-5,8-9,12,14H,3,6-7,10-11H2,1-2H3/t14-/m0/s1. The number of aromatic nitrogens is 1. The summed E-state index contributed by atoms with van der Waals surface area (Å²) in [6.07, 6.45) is 7.86. The van der Waals surface area contributed by atoms with Crippen LogP contribution in [0.25, 0.3) is 0 Å². The molecule has 1 aromatic carbocycles. The minimum atomic E-state index is 0.0234. The molecule has 3 nitrogen and oxygen atoms in total. The van der Waals surface area contributed by atoms with Crippen LogP contribution in [0.1, 0.15) is 62.1 Å². The maximum atomic E-state index is 5.88. The predicted octanol–water partition coefficient (Wildman–Crippen LogP) is 4.72. The molecule has 0 unspecified atom stereocenters. The molecule has 2 heterocycles. The van der Waals surface area contributed by atoms with Crippen molar-refractivity contribution in [1.82, 2.24) is 4.98 Å². The molecule has 0 amide bonds. The average Bonchev–Trinajstić information content (AvgIpc) is 3.06. The van der Waals surface area contributed by atoms with Crippen LogP contribution in [0.4, 0.5) is 5.69 Å². The Hall–Kier alpha value is -1.77. The zero-order chi connectivity index (χ0) is 14.4. The molecule has 1 fully saturated rings. The van der Waals surface area contributed by atoms with Gasteiger partial charge in [0.2, 0.25) is 0 Å². The van der Waals surface area contributed by atoms with E-state index in [1.807, 2.05) is 0 Å². The molecule has 0 saturated heterocycles. The van der Waals surface area contributed by atoms with E-state index in [2.05, 4.69) is 48.0 Å². The van der Waals surface area contributed by atoms with Gasteiger partial charge in [0.15, 0.2) is 12.2 Å². The van der Waals surface area contributed by atoms with Gasteiger partial charge in [-0.25, -0.2) is 4.98 Å². The maximum Gasteiger partial charge on any atom is 0.181 e. The maximum absolute atomic E-state index is 5.88. The van der Waals surface area contributed by atoms with Gasteiger partial charge in [-0.3, -0.25) is 0 Å². The van der Waals surface area contributed by atoms with E-state index < -0.39 is 0 Å². The van der Waals surface area contributed by atoms with E-state index in [1.54, 1.807) is 6.39 Å². The highest BCUT2D eigenvalue weighted by Gasteiger charge is 2.53. The molecule has 110 valence electrons. The molecule has 1 aliphatic carbocycles. The van der Waals surface area contributed by atoms with Gasteiger partial charge in [-0.15, -0.1) is 0 Å². The second-order valence-electron chi connectivity index (χ2n) is 6.49. The molecule has 0 bridgehead atoms. The number of nitrogens with zero attached hydrogens (tertiary/aromatic N) is 2. The first-order valence-corrected chi connectivity index (χ1v) is 8.03. The fraction of sp³-hybridized carbons (Fsp3) is 0.500. The fourth-order valence-corrected chi connectivity index (χ4v) is 4.38. The van der Waals surface area contributed by atoms with Crippen molar-refractivity contribution in [3.05, 3.63) is 47.7 Å². The number of rotatable bonds is 1.